The molecule has 6 nitrogen and oxygen atoms in total. The maximum Gasteiger partial charge on any atom is 0.287 e. The molecule has 3 N–H and O–H groups in total. The van der Waals surface area contributed by atoms with Crippen molar-refractivity contribution in [1.29, 1.82) is 0 Å². The fraction of sp³-hybridized carbons (Fsp3) is 0.105. The first-order chi connectivity index (χ1) is 12.0. The van der Waals surface area contributed by atoms with Crippen molar-refractivity contribution < 1.29 is 14.0 Å². The zero-order chi connectivity index (χ0) is 17.8. The van der Waals surface area contributed by atoms with E-state index < -0.39 is 17.9 Å². The summed E-state index contributed by atoms with van der Waals surface area (Å²) in [5, 5.41) is 2.91. The smallest absolute Gasteiger partial charge is 0.287 e. The molecule has 0 unspecified atom stereocenters. The van der Waals surface area contributed by atoms with Crippen LogP contribution in [0.15, 0.2) is 69.9 Å². The van der Waals surface area contributed by atoms with Crippen molar-refractivity contribution in [2.45, 2.75) is 12.5 Å². The molecule has 0 saturated carbocycles. The summed E-state index contributed by atoms with van der Waals surface area (Å²) in [7, 11) is 0. The van der Waals surface area contributed by atoms with Crippen LogP contribution in [-0.2, 0) is 11.2 Å². The average molecular weight is 336 g/mol. The molecule has 2 amide bonds. The number of nitrogens with two attached hydrogens (primary N) is 1. The second-order valence-electron chi connectivity index (χ2n) is 5.59. The van der Waals surface area contributed by atoms with E-state index in [1.807, 2.05) is 30.3 Å². The van der Waals surface area contributed by atoms with E-state index in [2.05, 4.69) is 5.32 Å². The molecule has 0 fully saturated rings. The Morgan fingerprint density at radius 1 is 1.04 bits per heavy atom. The van der Waals surface area contributed by atoms with Crippen molar-refractivity contribution >= 4 is 22.8 Å². The number of amides is 2. The van der Waals surface area contributed by atoms with Crippen LogP contribution < -0.4 is 16.5 Å². The van der Waals surface area contributed by atoms with Gasteiger partial charge in [0.15, 0.2) is 11.2 Å². The summed E-state index contributed by atoms with van der Waals surface area (Å²) in [4.78, 5) is 36.1. The minimum absolute atomic E-state index is 0.164. The first-order valence-corrected chi connectivity index (χ1v) is 7.71. The summed E-state index contributed by atoms with van der Waals surface area (Å²) in [6, 6.07) is 16.0. The normalized spacial score (nSPS) is 11.8. The molecule has 1 atom stereocenters. The van der Waals surface area contributed by atoms with Gasteiger partial charge < -0.3 is 15.5 Å². The molecule has 0 bridgehead atoms. The summed E-state index contributed by atoms with van der Waals surface area (Å²) in [5.74, 6) is -1.49. The van der Waals surface area contributed by atoms with Crippen molar-refractivity contribution in [3.05, 3.63) is 82.2 Å². The van der Waals surface area contributed by atoms with E-state index in [1.165, 1.54) is 0 Å². The molecule has 1 heterocycles. The number of primary amides is 1. The maximum atomic E-state index is 12.4. The number of rotatable bonds is 5. The third kappa shape index (κ3) is 3.74. The monoisotopic (exact) mass is 336 g/mol. The molecule has 0 aliphatic rings. The zero-order valence-electron chi connectivity index (χ0n) is 13.3. The van der Waals surface area contributed by atoms with E-state index in [1.54, 1.807) is 24.3 Å². The fourth-order valence-electron chi connectivity index (χ4n) is 2.52. The quantitative estimate of drug-likeness (QED) is 0.739. The predicted molar refractivity (Wildman–Crippen MR) is 93.1 cm³/mol. The minimum Gasteiger partial charge on any atom is -0.451 e. The number of para-hydroxylation sites is 1. The molecular formula is C19H16N2O4. The highest BCUT2D eigenvalue weighted by Crippen LogP contribution is 2.12. The summed E-state index contributed by atoms with van der Waals surface area (Å²) < 4.78 is 5.47. The van der Waals surface area contributed by atoms with Crippen molar-refractivity contribution in [2.75, 3.05) is 0 Å². The van der Waals surface area contributed by atoms with Gasteiger partial charge in [0.1, 0.15) is 11.6 Å². The second-order valence-corrected chi connectivity index (χ2v) is 5.59. The van der Waals surface area contributed by atoms with Gasteiger partial charge in [-0.3, -0.25) is 14.4 Å². The molecule has 0 saturated heterocycles. The fourth-order valence-corrected chi connectivity index (χ4v) is 2.52. The molecule has 0 spiro atoms. The molecule has 0 aliphatic carbocycles. The largest absolute Gasteiger partial charge is 0.451 e. The lowest BCUT2D eigenvalue weighted by molar-refractivity contribution is -0.119. The van der Waals surface area contributed by atoms with Crippen molar-refractivity contribution in [1.82, 2.24) is 5.32 Å². The van der Waals surface area contributed by atoms with Crippen LogP contribution in [0, 0.1) is 0 Å². The molecular weight excluding hydrogens is 320 g/mol. The zero-order valence-corrected chi connectivity index (χ0v) is 13.3. The van der Waals surface area contributed by atoms with Crippen LogP contribution in [0.3, 0.4) is 0 Å². The lowest BCUT2D eigenvalue weighted by Gasteiger charge is -2.15. The number of hydrogen-bond acceptors (Lipinski definition) is 4. The second kappa shape index (κ2) is 7.00. The van der Waals surface area contributed by atoms with Crippen molar-refractivity contribution in [3.8, 4) is 0 Å². The van der Waals surface area contributed by atoms with Crippen LogP contribution in [0.5, 0.6) is 0 Å². The SMILES string of the molecule is NC(=O)[C@H](Cc1ccccc1)NC(=O)c1cc(=O)c2ccccc2o1. The molecule has 2 aromatic carbocycles. The van der Waals surface area contributed by atoms with Gasteiger partial charge in [0, 0.05) is 12.5 Å². The number of carbonyl (C=O) groups is 2. The topological polar surface area (TPSA) is 102 Å². The molecule has 6 heteroatoms. The van der Waals surface area contributed by atoms with Crippen LogP contribution in [0.1, 0.15) is 16.1 Å². The van der Waals surface area contributed by atoms with E-state index in [0.717, 1.165) is 11.6 Å². The average Bonchev–Trinajstić information content (AvgIpc) is 2.62. The van der Waals surface area contributed by atoms with Gasteiger partial charge in [0.25, 0.3) is 5.91 Å². The number of carbonyl (C=O) groups excluding carboxylic acids is 2. The van der Waals surface area contributed by atoms with Gasteiger partial charge in [-0.15, -0.1) is 0 Å². The van der Waals surface area contributed by atoms with E-state index in [9.17, 15) is 14.4 Å². The maximum absolute atomic E-state index is 12.4. The first-order valence-electron chi connectivity index (χ1n) is 7.71. The number of hydrogen-bond donors (Lipinski definition) is 2. The van der Waals surface area contributed by atoms with E-state index >= 15 is 0 Å². The third-order valence-corrected chi connectivity index (χ3v) is 3.79. The molecule has 0 radical (unpaired) electrons. The van der Waals surface area contributed by atoms with E-state index in [4.69, 9.17) is 10.2 Å². The predicted octanol–water partition coefficient (Wildman–Crippen LogP) is 1.62. The Labute approximate surface area is 143 Å². The Hall–Kier alpha value is -3.41. The van der Waals surface area contributed by atoms with Gasteiger partial charge in [0.05, 0.1) is 5.39 Å². The van der Waals surface area contributed by atoms with Crippen LogP contribution in [-0.4, -0.2) is 17.9 Å². The van der Waals surface area contributed by atoms with Crippen LogP contribution in [0.4, 0.5) is 0 Å². The Kier molecular flexibility index (Phi) is 4.61. The molecule has 1 aromatic heterocycles. The van der Waals surface area contributed by atoms with Gasteiger partial charge >= 0.3 is 0 Å². The van der Waals surface area contributed by atoms with Crippen molar-refractivity contribution in [3.63, 3.8) is 0 Å². The van der Waals surface area contributed by atoms with Crippen LogP contribution >= 0.6 is 0 Å². The first kappa shape index (κ1) is 16.4. The Morgan fingerprint density at radius 2 is 1.72 bits per heavy atom. The van der Waals surface area contributed by atoms with Gasteiger partial charge in [-0.2, -0.15) is 0 Å². The molecule has 3 rings (SSSR count). The highest BCUT2D eigenvalue weighted by molar-refractivity contribution is 5.96. The third-order valence-electron chi connectivity index (χ3n) is 3.79. The van der Waals surface area contributed by atoms with Crippen LogP contribution in [0.25, 0.3) is 11.0 Å². The standard InChI is InChI=1S/C19H16N2O4/c20-18(23)14(10-12-6-2-1-3-7-12)21-19(24)17-11-15(22)13-8-4-5-9-16(13)25-17/h1-9,11,14H,10H2,(H2,20,23)(H,21,24)/t14-/m0/s1. The Bertz CT molecular complexity index is 979. The lowest BCUT2D eigenvalue weighted by atomic mass is 10.1. The van der Waals surface area contributed by atoms with Gasteiger partial charge in [-0.1, -0.05) is 42.5 Å². The van der Waals surface area contributed by atoms with E-state index in [0.29, 0.717) is 11.0 Å². The number of nitrogens with one attached hydrogen (secondary N) is 1. The lowest BCUT2D eigenvalue weighted by Crippen LogP contribution is -2.46. The number of benzene rings is 2. The highest BCUT2D eigenvalue weighted by Gasteiger charge is 2.21. The summed E-state index contributed by atoms with van der Waals surface area (Å²) in [5.41, 5.74) is 6.22. The molecule has 126 valence electrons. The Balaban J connectivity index is 1.84. The van der Waals surface area contributed by atoms with Gasteiger partial charge in [-0.05, 0) is 17.7 Å². The Morgan fingerprint density at radius 3 is 2.44 bits per heavy atom. The van der Waals surface area contributed by atoms with Gasteiger partial charge in [0.2, 0.25) is 5.91 Å². The van der Waals surface area contributed by atoms with Crippen molar-refractivity contribution in [2.24, 2.45) is 5.73 Å². The van der Waals surface area contributed by atoms with Crippen LogP contribution in [0.2, 0.25) is 0 Å². The van der Waals surface area contributed by atoms with Gasteiger partial charge in [-0.25, -0.2) is 0 Å². The molecule has 0 aliphatic heterocycles. The highest BCUT2D eigenvalue weighted by atomic mass is 16.3. The summed E-state index contributed by atoms with van der Waals surface area (Å²) in [6.07, 6.45) is 0.250. The van der Waals surface area contributed by atoms with E-state index in [-0.39, 0.29) is 17.6 Å². The minimum atomic E-state index is -0.910. The summed E-state index contributed by atoms with van der Waals surface area (Å²) in [6.45, 7) is 0. The molecule has 3 aromatic rings. The number of fused-ring (bicyclic) bond motifs is 1. The molecule has 25 heavy (non-hydrogen) atoms. The summed E-state index contributed by atoms with van der Waals surface area (Å²) >= 11 is 0.